The molecule has 1 aromatic rings. The molecule has 1 aromatic carbocycles. The van der Waals surface area contributed by atoms with E-state index >= 15 is 0 Å². The van der Waals surface area contributed by atoms with E-state index < -0.39 is 5.97 Å². The van der Waals surface area contributed by atoms with Gasteiger partial charge in [-0.25, -0.2) is 4.79 Å². The number of hydrogen-bond donors (Lipinski definition) is 0. The molecule has 14 heavy (non-hydrogen) atoms. The minimum absolute atomic E-state index is 0.0182. The molecule has 0 aromatic heterocycles. The molecule has 0 heterocycles. The van der Waals surface area contributed by atoms with Crippen molar-refractivity contribution in [1.82, 2.24) is 0 Å². The first-order chi connectivity index (χ1) is 6.74. The average molecular weight is 191 g/mol. The first-order valence-corrected chi connectivity index (χ1v) is 4.40. The van der Waals surface area contributed by atoms with Crippen LogP contribution in [0.4, 0.5) is 0 Å². The summed E-state index contributed by atoms with van der Waals surface area (Å²) < 4.78 is 4.45. The van der Waals surface area contributed by atoms with Gasteiger partial charge in [-0.05, 0) is 12.5 Å². The number of rotatable bonds is 3. The molecule has 0 radical (unpaired) electrons. The zero-order valence-corrected chi connectivity index (χ0v) is 8.31. The normalized spacial score (nSPS) is 12.7. The molecule has 0 saturated carbocycles. The summed E-state index contributed by atoms with van der Waals surface area (Å²) in [6.45, 7) is 1.93. The van der Waals surface area contributed by atoms with Gasteiger partial charge in [0.05, 0.1) is 13.2 Å². The van der Waals surface area contributed by atoms with Gasteiger partial charge in [-0.2, -0.15) is 0 Å². The van der Waals surface area contributed by atoms with E-state index in [-0.39, 0.29) is 6.04 Å². The zero-order chi connectivity index (χ0) is 10.4. The second-order valence-electron chi connectivity index (χ2n) is 2.89. The van der Waals surface area contributed by atoms with Crippen LogP contribution in [-0.4, -0.2) is 19.3 Å². The minimum Gasteiger partial charge on any atom is -0.465 e. The molecule has 3 heteroatoms. The van der Waals surface area contributed by atoms with Crippen molar-refractivity contribution in [2.75, 3.05) is 7.11 Å². The van der Waals surface area contributed by atoms with Gasteiger partial charge in [0, 0.05) is 0 Å². The van der Waals surface area contributed by atoms with Gasteiger partial charge in [0.1, 0.15) is 6.21 Å². The van der Waals surface area contributed by atoms with Crippen molar-refractivity contribution < 1.29 is 9.53 Å². The number of methoxy groups -OCH3 is 1. The second-order valence-corrected chi connectivity index (χ2v) is 2.89. The minimum atomic E-state index is -0.423. The third-order valence-corrected chi connectivity index (χ3v) is 1.89. The van der Waals surface area contributed by atoms with Crippen LogP contribution >= 0.6 is 0 Å². The van der Waals surface area contributed by atoms with Gasteiger partial charge in [0.2, 0.25) is 0 Å². The van der Waals surface area contributed by atoms with Gasteiger partial charge < -0.3 is 4.74 Å². The van der Waals surface area contributed by atoms with Crippen molar-refractivity contribution in [3.05, 3.63) is 35.9 Å². The molecule has 0 aliphatic rings. The summed E-state index contributed by atoms with van der Waals surface area (Å²) in [5.41, 5.74) is 1.08. The number of carbonyl (C=O) groups is 1. The van der Waals surface area contributed by atoms with Crippen molar-refractivity contribution in [2.24, 2.45) is 4.99 Å². The van der Waals surface area contributed by atoms with Crippen molar-refractivity contribution in [1.29, 1.82) is 0 Å². The smallest absolute Gasteiger partial charge is 0.348 e. The number of ether oxygens (including phenoxy) is 1. The fourth-order valence-corrected chi connectivity index (χ4v) is 1.04. The summed E-state index contributed by atoms with van der Waals surface area (Å²) in [6, 6.07) is 9.76. The molecule has 0 saturated heterocycles. The van der Waals surface area contributed by atoms with Gasteiger partial charge >= 0.3 is 5.97 Å². The van der Waals surface area contributed by atoms with Gasteiger partial charge in [-0.1, -0.05) is 30.3 Å². The number of esters is 1. The fourth-order valence-electron chi connectivity index (χ4n) is 1.04. The van der Waals surface area contributed by atoms with Crippen LogP contribution in [0.15, 0.2) is 35.3 Å². The van der Waals surface area contributed by atoms with E-state index in [2.05, 4.69) is 9.73 Å². The summed E-state index contributed by atoms with van der Waals surface area (Å²) in [4.78, 5) is 14.8. The van der Waals surface area contributed by atoms with Crippen molar-refractivity contribution in [3.63, 3.8) is 0 Å². The summed E-state index contributed by atoms with van der Waals surface area (Å²) in [5, 5.41) is 0. The van der Waals surface area contributed by atoms with Gasteiger partial charge in [-0.3, -0.25) is 4.99 Å². The monoisotopic (exact) mass is 191 g/mol. The predicted molar refractivity (Wildman–Crippen MR) is 55.4 cm³/mol. The Hall–Kier alpha value is -1.64. The van der Waals surface area contributed by atoms with Crippen molar-refractivity contribution in [3.8, 4) is 0 Å². The van der Waals surface area contributed by atoms with Crippen LogP contribution in [-0.2, 0) is 9.53 Å². The van der Waals surface area contributed by atoms with E-state index in [1.165, 1.54) is 13.3 Å². The van der Waals surface area contributed by atoms with Crippen molar-refractivity contribution >= 4 is 12.2 Å². The van der Waals surface area contributed by atoms with E-state index in [0.717, 1.165) is 5.56 Å². The highest BCUT2D eigenvalue weighted by Crippen LogP contribution is 2.14. The second kappa shape index (κ2) is 5.17. The lowest BCUT2D eigenvalue weighted by Gasteiger charge is -2.04. The van der Waals surface area contributed by atoms with E-state index in [4.69, 9.17) is 0 Å². The molecule has 0 unspecified atom stereocenters. The third kappa shape index (κ3) is 3.01. The number of hydrogen-bond acceptors (Lipinski definition) is 3. The number of aliphatic imine (C=N–C) groups is 1. The Labute approximate surface area is 83.4 Å². The van der Waals surface area contributed by atoms with E-state index in [0.29, 0.717) is 0 Å². The Balaban J connectivity index is 2.63. The zero-order valence-electron chi connectivity index (χ0n) is 8.31. The summed E-state index contributed by atoms with van der Waals surface area (Å²) in [6.07, 6.45) is 1.21. The summed E-state index contributed by atoms with van der Waals surface area (Å²) in [7, 11) is 1.33. The SMILES string of the molecule is COC(=O)C=N[C@@H](C)c1ccccc1. The molecule has 1 rings (SSSR count). The molecule has 0 spiro atoms. The van der Waals surface area contributed by atoms with Crippen LogP contribution in [0.3, 0.4) is 0 Å². The Morgan fingerprint density at radius 2 is 2.07 bits per heavy atom. The maximum atomic E-state index is 10.8. The first-order valence-electron chi connectivity index (χ1n) is 4.40. The standard InChI is InChI=1S/C11H13NO2/c1-9(12-8-11(13)14-2)10-6-4-3-5-7-10/h3-9H,1-2H3/t9-/m0/s1. The van der Waals surface area contributed by atoms with Crippen LogP contribution < -0.4 is 0 Å². The molecule has 0 N–H and O–H groups in total. The Bertz CT molecular complexity index is 319. The first kappa shape index (κ1) is 10.4. The molecule has 74 valence electrons. The van der Waals surface area contributed by atoms with Gasteiger partial charge in [0.15, 0.2) is 0 Å². The summed E-state index contributed by atoms with van der Waals surface area (Å²) >= 11 is 0. The lowest BCUT2D eigenvalue weighted by Crippen LogP contribution is -2.02. The highest BCUT2D eigenvalue weighted by Gasteiger charge is 2.01. The number of carbonyl (C=O) groups excluding carboxylic acids is 1. The predicted octanol–water partition coefficient (Wildman–Crippen LogP) is 1.99. The average Bonchev–Trinajstić information content (AvgIpc) is 2.26. The van der Waals surface area contributed by atoms with E-state index in [1.54, 1.807) is 0 Å². The molecule has 0 amide bonds. The topological polar surface area (TPSA) is 38.7 Å². The van der Waals surface area contributed by atoms with Crippen molar-refractivity contribution in [2.45, 2.75) is 13.0 Å². The molecule has 3 nitrogen and oxygen atoms in total. The molecular formula is C11H13NO2. The Kier molecular flexibility index (Phi) is 3.85. The van der Waals surface area contributed by atoms with Crippen LogP contribution in [0.5, 0.6) is 0 Å². The van der Waals surface area contributed by atoms with Gasteiger partial charge in [-0.15, -0.1) is 0 Å². The molecule has 0 aliphatic carbocycles. The Morgan fingerprint density at radius 1 is 1.43 bits per heavy atom. The molecule has 1 atom stereocenters. The van der Waals surface area contributed by atoms with E-state index in [9.17, 15) is 4.79 Å². The lowest BCUT2D eigenvalue weighted by atomic mass is 10.1. The molecule has 0 fully saturated rings. The lowest BCUT2D eigenvalue weighted by molar-refractivity contribution is -0.132. The maximum Gasteiger partial charge on any atom is 0.348 e. The van der Waals surface area contributed by atoms with Crippen LogP contribution in [0.1, 0.15) is 18.5 Å². The van der Waals surface area contributed by atoms with Gasteiger partial charge in [0.25, 0.3) is 0 Å². The van der Waals surface area contributed by atoms with Crippen LogP contribution in [0, 0.1) is 0 Å². The quantitative estimate of drug-likeness (QED) is 0.541. The van der Waals surface area contributed by atoms with Crippen LogP contribution in [0.2, 0.25) is 0 Å². The molecular weight excluding hydrogens is 178 g/mol. The largest absolute Gasteiger partial charge is 0.465 e. The van der Waals surface area contributed by atoms with E-state index in [1.807, 2.05) is 37.3 Å². The third-order valence-electron chi connectivity index (χ3n) is 1.89. The highest BCUT2D eigenvalue weighted by molar-refractivity contribution is 6.23. The number of benzene rings is 1. The molecule has 0 aliphatic heterocycles. The molecule has 0 bridgehead atoms. The number of nitrogens with zero attached hydrogens (tertiary/aromatic N) is 1. The summed E-state index contributed by atoms with van der Waals surface area (Å²) in [5.74, 6) is -0.423. The highest BCUT2D eigenvalue weighted by atomic mass is 16.5. The Morgan fingerprint density at radius 3 is 2.64 bits per heavy atom. The van der Waals surface area contributed by atoms with Crippen LogP contribution in [0.25, 0.3) is 0 Å². The maximum absolute atomic E-state index is 10.8. The fraction of sp³-hybridized carbons (Fsp3) is 0.273.